The maximum Gasteiger partial charge on any atom is 0.271 e. The van der Waals surface area contributed by atoms with Crippen molar-refractivity contribution in [3.63, 3.8) is 0 Å². The van der Waals surface area contributed by atoms with E-state index in [4.69, 9.17) is 16.7 Å². The van der Waals surface area contributed by atoms with Gasteiger partial charge in [0.25, 0.3) is 5.91 Å². The van der Waals surface area contributed by atoms with Crippen molar-refractivity contribution in [2.45, 2.75) is 33.7 Å². The van der Waals surface area contributed by atoms with E-state index in [0.717, 1.165) is 11.4 Å². The number of pyridine rings is 1. The highest BCUT2D eigenvalue weighted by atomic mass is 35.5. The Hall–Kier alpha value is -1.92. The predicted molar refractivity (Wildman–Crippen MR) is 89.0 cm³/mol. The molecule has 2 aromatic rings. The molecule has 0 aliphatic rings. The molecule has 0 aliphatic heterocycles. The summed E-state index contributed by atoms with van der Waals surface area (Å²) in [5.74, 6) is 0.108. The van der Waals surface area contributed by atoms with Crippen molar-refractivity contribution in [1.82, 2.24) is 20.1 Å². The fourth-order valence-corrected chi connectivity index (χ4v) is 2.34. The van der Waals surface area contributed by atoms with Crippen LogP contribution in [0.25, 0.3) is 5.82 Å². The Balaban J connectivity index is 2.30. The zero-order valence-corrected chi connectivity index (χ0v) is 14.4. The SMILES string of the molecule is Cc1cc(C)n(-c2ccc(Cl)c(C(=O)NC(C)C(C)CO)n2)n1. The number of nitrogens with zero attached hydrogens (tertiary/aromatic N) is 3. The molecule has 124 valence electrons. The van der Waals surface area contributed by atoms with Gasteiger partial charge in [-0.1, -0.05) is 18.5 Å². The molecule has 0 aliphatic carbocycles. The van der Waals surface area contributed by atoms with Crippen LogP contribution in [0.2, 0.25) is 5.02 Å². The molecule has 2 atom stereocenters. The lowest BCUT2D eigenvalue weighted by Crippen LogP contribution is -2.38. The Kier molecular flexibility index (Phi) is 5.38. The summed E-state index contributed by atoms with van der Waals surface area (Å²) >= 11 is 6.12. The highest BCUT2D eigenvalue weighted by molar-refractivity contribution is 6.33. The van der Waals surface area contributed by atoms with Crippen molar-refractivity contribution in [3.05, 3.63) is 40.3 Å². The molecule has 2 heterocycles. The predicted octanol–water partition coefficient (Wildman–Crippen LogP) is 2.28. The summed E-state index contributed by atoms with van der Waals surface area (Å²) in [6.45, 7) is 7.49. The van der Waals surface area contributed by atoms with Crippen LogP contribution in [0.15, 0.2) is 18.2 Å². The highest BCUT2D eigenvalue weighted by Gasteiger charge is 2.19. The molecule has 0 spiro atoms. The first-order valence-electron chi connectivity index (χ1n) is 7.45. The van der Waals surface area contributed by atoms with Gasteiger partial charge < -0.3 is 10.4 Å². The van der Waals surface area contributed by atoms with E-state index in [0.29, 0.717) is 5.82 Å². The molecule has 7 heteroatoms. The minimum absolute atomic E-state index is 0.00555. The molecule has 0 bridgehead atoms. The number of amides is 1. The number of carbonyl (C=O) groups excluding carboxylic acids is 1. The van der Waals surface area contributed by atoms with Crippen molar-refractivity contribution in [1.29, 1.82) is 0 Å². The van der Waals surface area contributed by atoms with Crippen LogP contribution < -0.4 is 5.32 Å². The van der Waals surface area contributed by atoms with Gasteiger partial charge in [-0.2, -0.15) is 5.10 Å². The molecule has 0 aromatic carbocycles. The number of nitrogens with one attached hydrogen (secondary N) is 1. The lowest BCUT2D eigenvalue weighted by atomic mass is 10.1. The third kappa shape index (κ3) is 3.89. The summed E-state index contributed by atoms with van der Waals surface area (Å²) in [6, 6.07) is 5.09. The van der Waals surface area contributed by atoms with E-state index >= 15 is 0 Å². The second-order valence-electron chi connectivity index (χ2n) is 5.76. The van der Waals surface area contributed by atoms with Gasteiger partial charge in [0.2, 0.25) is 0 Å². The Morgan fingerprint density at radius 3 is 2.65 bits per heavy atom. The summed E-state index contributed by atoms with van der Waals surface area (Å²) in [6.07, 6.45) is 0. The van der Waals surface area contributed by atoms with Crippen molar-refractivity contribution in [2.75, 3.05) is 6.61 Å². The molecule has 2 unspecified atom stereocenters. The number of halogens is 1. The van der Waals surface area contributed by atoms with Gasteiger partial charge in [0.1, 0.15) is 5.69 Å². The number of aliphatic hydroxyl groups excluding tert-OH is 1. The van der Waals surface area contributed by atoms with Crippen LogP contribution in [0.1, 0.15) is 35.7 Å². The van der Waals surface area contributed by atoms with Crippen molar-refractivity contribution >= 4 is 17.5 Å². The average molecular weight is 337 g/mol. The van der Waals surface area contributed by atoms with Crippen molar-refractivity contribution < 1.29 is 9.90 Å². The number of hydrogen-bond acceptors (Lipinski definition) is 4. The summed E-state index contributed by atoms with van der Waals surface area (Å²) in [4.78, 5) is 16.7. The Morgan fingerprint density at radius 2 is 2.09 bits per heavy atom. The number of aryl methyl sites for hydroxylation is 2. The maximum absolute atomic E-state index is 12.4. The number of carbonyl (C=O) groups is 1. The van der Waals surface area contributed by atoms with E-state index in [2.05, 4.69) is 15.4 Å². The van der Waals surface area contributed by atoms with E-state index in [-0.39, 0.29) is 35.2 Å². The Morgan fingerprint density at radius 1 is 1.39 bits per heavy atom. The molecule has 23 heavy (non-hydrogen) atoms. The van der Waals surface area contributed by atoms with Gasteiger partial charge in [0.15, 0.2) is 5.82 Å². The van der Waals surface area contributed by atoms with Gasteiger partial charge >= 0.3 is 0 Å². The molecule has 0 saturated carbocycles. The fraction of sp³-hybridized carbons (Fsp3) is 0.438. The smallest absolute Gasteiger partial charge is 0.271 e. The van der Waals surface area contributed by atoms with Crippen LogP contribution in [-0.4, -0.2) is 38.4 Å². The summed E-state index contributed by atoms with van der Waals surface area (Å²) < 4.78 is 1.67. The maximum atomic E-state index is 12.4. The van der Waals surface area contributed by atoms with Crippen LogP contribution in [-0.2, 0) is 0 Å². The number of hydrogen-bond donors (Lipinski definition) is 2. The third-order valence-corrected chi connectivity index (χ3v) is 4.08. The van der Waals surface area contributed by atoms with Gasteiger partial charge in [-0.25, -0.2) is 9.67 Å². The van der Waals surface area contributed by atoms with Gasteiger partial charge in [-0.3, -0.25) is 4.79 Å². The van der Waals surface area contributed by atoms with E-state index < -0.39 is 0 Å². The quantitative estimate of drug-likeness (QED) is 0.877. The van der Waals surface area contributed by atoms with Crippen LogP contribution in [0.3, 0.4) is 0 Å². The van der Waals surface area contributed by atoms with Crippen LogP contribution in [0.4, 0.5) is 0 Å². The first-order chi connectivity index (χ1) is 10.8. The molecule has 2 rings (SSSR count). The number of rotatable bonds is 5. The largest absolute Gasteiger partial charge is 0.396 e. The van der Waals surface area contributed by atoms with Gasteiger partial charge in [-0.05, 0) is 44.9 Å². The second-order valence-corrected chi connectivity index (χ2v) is 6.17. The van der Waals surface area contributed by atoms with Crippen LogP contribution >= 0.6 is 11.6 Å². The fourth-order valence-electron chi connectivity index (χ4n) is 2.15. The van der Waals surface area contributed by atoms with E-state index in [1.165, 1.54) is 0 Å². The lowest BCUT2D eigenvalue weighted by molar-refractivity contribution is 0.0911. The number of aromatic nitrogens is 3. The van der Waals surface area contributed by atoms with Crippen LogP contribution in [0.5, 0.6) is 0 Å². The van der Waals surface area contributed by atoms with Gasteiger partial charge in [0.05, 0.1) is 10.7 Å². The molecule has 6 nitrogen and oxygen atoms in total. The molecular weight excluding hydrogens is 316 g/mol. The molecular formula is C16H21ClN4O2. The first kappa shape index (κ1) is 17.4. The van der Waals surface area contributed by atoms with Gasteiger partial charge in [-0.15, -0.1) is 0 Å². The molecule has 0 fully saturated rings. The topological polar surface area (TPSA) is 80.0 Å². The summed E-state index contributed by atoms with van der Waals surface area (Å²) in [5.41, 5.74) is 1.94. The number of aliphatic hydroxyl groups is 1. The minimum Gasteiger partial charge on any atom is -0.396 e. The average Bonchev–Trinajstić information content (AvgIpc) is 2.85. The molecule has 2 aromatic heterocycles. The summed E-state index contributed by atoms with van der Waals surface area (Å²) in [7, 11) is 0. The monoisotopic (exact) mass is 336 g/mol. The van der Waals surface area contributed by atoms with Crippen molar-refractivity contribution in [2.24, 2.45) is 5.92 Å². The zero-order valence-electron chi connectivity index (χ0n) is 13.7. The molecule has 0 radical (unpaired) electrons. The molecule has 0 saturated heterocycles. The van der Waals surface area contributed by atoms with E-state index in [1.807, 2.05) is 33.8 Å². The Bertz CT molecular complexity index is 714. The van der Waals surface area contributed by atoms with Crippen molar-refractivity contribution in [3.8, 4) is 5.82 Å². The minimum atomic E-state index is -0.369. The molecule has 1 amide bonds. The third-order valence-electron chi connectivity index (χ3n) is 3.77. The standard InChI is InChI=1S/C16H21ClN4O2/c1-9(8-22)12(4)18-16(23)15-13(17)5-6-14(19-15)21-11(3)7-10(2)20-21/h5-7,9,12,22H,8H2,1-4H3,(H,18,23). The van der Waals surface area contributed by atoms with Crippen LogP contribution in [0, 0.1) is 19.8 Å². The highest BCUT2D eigenvalue weighted by Crippen LogP contribution is 2.18. The van der Waals surface area contributed by atoms with E-state index in [1.54, 1.807) is 16.8 Å². The van der Waals surface area contributed by atoms with Gasteiger partial charge in [0, 0.05) is 18.3 Å². The lowest BCUT2D eigenvalue weighted by Gasteiger charge is -2.19. The Labute approximate surface area is 140 Å². The summed E-state index contributed by atoms with van der Waals surface area (Å²) in [5, 5.41) is 16.6. The normalized spacial score (nSPS) is 13.7. The molecule has 2 N–H and O–H groups in total. The second kappa shape index (κ2) is 7.10. The first-order valence-corrected chi connectivity index (χ1v) is 7.83. The van der Waals surface area contributed by atoms with E-state index in [9.17, 15) is 4.79 Å². The zero-order chi connectivity index (χ0) is 17.1.